The first kappa shape index (κ1) is 22.2. The number of aliphatic hydroxyl groups is 1. The molecule has 3 aromatic carbocycles. The first-order valence-electron chi connectivity index (χ1n) is 10.3. The fraction of sp³-hybridized carbons (Fsp3) is 0.192. The van der Waals surface area contributed by atoms with Gasteiger partial charge in [-0.15, -0.1) is 0 Å². The van der Waals surface area contributed by atoms with E-state index in [1.165, 1.54) is 12.1 Å². The molecule has 1 heterocycles. The monoisotopic (exact) mass is 449 g/mol. The molecule has 0 bridgehead atoms. The van der Waals surface area contributed by atoms with Gasteiger partial charge in [0.25, 0.3) is 5.91 Å². The number of benzene rings is 3. The molecule has 7 heteroatoms. The number of aliphatic hydroxyl groups excluding tert-OH is 1. The molecule has 1 N–H and O–H groups in total. The average Bonchev–Trinajstić information content (AvgIpc) is 3.09. The van der Waals surface area contributed by atoms with Gasteiger partial charge in [0, 0.05) is 17.2 Å². The van der Waals surface area contributed by atoms with E-state index in [0.29, 0.717) is 33.9 Å². The minimum atomic E-state index is -0.627. The highest BCUT2D eigenvalue weighted by atomic mass is 19.1. The molecule has 0 radical (unpaired) electrons. The Morgan fingerprint density at radius 2 is 1.52 bits per heavy atom. The third-order valence-electron chi connectivity index (χ3n) is 5.73. The second kappa shape index (κ2) is 9.24. The molecule has 0 aromatic heterocycles. The molecule has 0 unspecified atom stereocenters. The number of amides is 1. The Kier molecular flexibility index (Phi) is 6.22. The molecule has 1 aliphatic rings. The number of carbonyl (C=O) groups is 1. The maximum Gasteiger partial charge on any atom is 0.290 e. The van der Waals surface area contributed by atoms with E-state index in [4.69, 9.17) is 14.2 Å². The second-order valence-electron chi connectivity index (χ2n) is 7.56. The zero-order chi connectivity index (χ0) is 23.5. The standard InChI is InChI=1S/C26H24FNO5/c1-31-20-11-6-16(7-12-20)23-24(17-4-9-19(27)10-5-17)28(26(30)25(23)29)15-18-8-13-21(32-2)14-22(18)33-3/h4-14,24,29H,15H2,1-3H3/t24-/m1/s1. The lowest BCUT2D eigenvalue weighted by molar-refractivity contribution is -0.130. The fourth-order valence-corrected chi connectivity index (χ4v) is 4.04. The van der Waals surface area contributed by atoms with Gasteiger partial charge in [-0.1, -0.05) is 24.3 Å². The van der Waals surface area contributed by atoms with Crippen molar-refractivity contribution in [1.29, 1.82) is 0 Å². The van der Waals surface area contributed by atoms with Crippen molar-refractivity contribution in [1.82, 2.24) is 4.90 Å². The van der Waals surface area contributed by atoms with Gasteiger partial charge in [0.2, 0.25) is 0 Å². The average molecular weight is 449 g/mol. The molecule has 0 saturated heterocycles. The molecule has 1 atom stereocenters. The summed E-state index contributed by atoms with van der Waals surface area (Å²) in [5, 5.41) is 10.9. The maximum absolute atomic E-state index is 13.7. The first-order valence-corrected chi connectivity index (χ1v) is 10.3. The summed E-state index contributed by atoms with van der Waals surface area (Å²) in [7, 11) is 4.67. The van der Waals surface area contributed by atoms with Crippen LogP contribution in [-0.2, 0) is 11.3 Å². The highest BCUT2D eigenvalue weighted by Crippen LogP contribution is 2.44. The zero-order valence-electron chi connectivity index (χ0n) is 18.5. The van der Waals surface area contributed by atoms with Crippen LogP contribution in [0.4, 0.5) is 4.39 Å². The van der Waals surface area contributed by atoms with Crippen LogP contribution in [0, 0.1) is 5.82 Å². The zero-order valence-corrected chi connectivity index (χ0v) is 18.5. The molecule has 1 amide bonds. The van der Waals surface area contributed by atoms with Crippen LogP contribution in [-0.4, -0.2) is 37.2 Å². The summed E-state index contributed by atoms with van der Waals surface area (Å²) in [6.45, 7) is 0.164. The normalized spacial score (nSPS) is 15.7. The lowest BCUT2D eigenvalue weighted by Crippen LogP contribution is -2.30. The van der Waals surface area contributed by atoms with E-state index in [9.17, 15) is 14.3 Å². The van der Waals surface area contributed by atoms with Crippen molar-refractivity contribution in [3.05, 3.63) is 95.0 Å². The third kappa shape index (κ3) is 4.22. The third-order valence-corrected chi connectivity index (χ3v) is 5.73. The molecule has 1 aliphatic heterocycles. The van der Waals surface area contributed by atoms with Gasteiger partial charge in [0.05, 0.1) is 33.9 Å². The summed E-state index contributed by atoms with van der Waals surface area (Å²) >= 11 is 0. The summed E-state index contributed by atoms with van der Waals surface area (Å²) in [4.78, 5) is 14.8. The number of halogens is 1. The summed E-state index contributed by atoms with van der Waals surface area (Å²) in [5.74, 6) is 0.581. The molecule has 33 heavy (non-hydrogen) atoms. The lowest BCUT2D eigenvalue weighted by atomic mass is 9.93. The van der Waals surface area contributed by atoms with Crippen LogP contribution >= 0.6 is 0 Å². The van der Waals surface area contributed by atoms with E-state index in [0.717, 1.165) is 5.56 Å². The number of rotatable bonds is 7. The molecule has 3 aromatic rings. The minimum absolute atomic E-state index is 0.164. The molecule has 0 aliphatic carbocycles. The highest BCUT2D eigenvalue weighted by Gasteiger charge is 2.41. The van der Waals surface area contributed by atoms with Gasteiger partial charge in [-0.25, -0.2) is 4.39 Å². The van der Waals surface area contributed by atoms with Crippen LogP contribution in [0.1, 0.15) is 22.7 Å². The summed E-state index contributed by atoms with van der Waals surface area (Å²) in [5.41, 5.74) is 2.52. The second-order valence-corrected chi connectivity index (χ2v) is 7.56. The number of hydrogen-bond donors (Lipinski definition) is 1. The van der Waals surface area contributed by atoms with E-state index in [1.54, 1.807) is 74.8 Å². The minimum Gasteiger partial charge on any atom is -0.503 e. The SMILES string of the molecule is COc1ccc(C2=C(O)C(=O)N(Cc3ccc(OC)cc3OC)[C@@H]2c2ccc(F)cc2)cc1. The molecule has 6 nitrogen and oxygen atoms in total. The number of nitrogens with zero attached hydrogens (tertiary/aromatic N) is 1. The van der Waals surface area contributed by atoms with Gasteiger partial charge in [0.1, 0.15) is 23.1 Å². The molecule has 0 saturated carbocycles. The van der Waals surface area contributed by atoms with Crippen molar-refractivity contribution in [2.24, 2.45) is 0 Å². The quantitative estimate of drug-likeness (QED) is 0.556. The molecular weight excluding hydrogens is 425 g/mol. The van der Waals surface area contributed by atoms with Crippen LogP contribution in [0.2, 0.25) is 0 Å². The van der Waals surface area contributed by atoms with Crippen molar-refractivity contribution < 1.29 is 28.5 Å². The van der Waals surface area contributed by atoms with Gasteiger partial charge in [0.15, 0.2) is 5.76 Å². The topological polar surface area (TPSA) is 68.2 Å². The number of carbonyl (C=O) groups excluding carboxylic acids is 1. The van der Waals surface area contributed by atoms with Crippen LogP contribution in [0.25, 0.3) is 5.57 Å². The van der Waals surface area contributed by atoms with Crippen LogP contribution < -0.4 is 14.2 Å². The maximum atomic E-state index is 13.7. The van der Waals surface area contributed by atoms with Gasteiger partial charge in [-0.3, -0.25) is 4.79 Å². The van der Waals surface area contributed by atoms with E-state index in [2.05, 4.69) is 0 Å². The Balaban J connectivity index is 1.79. The molecule has 0 fully saturated rings. The largest absolute Gasteiger partial charge is 0.503 e. The highest BCUT2D eigenvalue weighted by molar-refractivity contribution is 6.05. The molecule has 170 valence electrons. The van der Waals surface area contributed by atoms with E-state index >= 15 is 0 Å². The number of methoxy groups -OCH3 is 3. The van der Waals surface area contributed by atoms with Gasteiger partial charge < -0.3 is 24.2 Å². The van der Waals surface area contributed by atoms with Crippen LogP contribution in [0.15, 0.2) is 72.5 Å². The summed E-state index contributed by atoms with van der Waals surface area (Å²) in [6, 6.07) is 17.7. The Bertz CT molecular complexity index is 1190. The van der Waals surface area contributed by atoms with Crippen molar-refractivity contribution in [3.63, 3.8) is 0 Å². The van der Waals surface area contributed by atoms with E-state index < -0.39 is 11.9 Å². The van der Waals surface area contributed by atoms with E-state index in [-0.39, 0.29) is 18.1 Å². The smallest absolute Gasteiger partial charge is 0.290 e. The van der Waals surface area contributed by atoms with Crippen molar-refractivity contribution in [3.8, 4) is 17.2 Å². The molecular formula is C26H24FNO5. The lowest BCUT2D eigenvalue weighted by Gasteiger charge is -2.28. The van der Waals surface area contributed by atoms with Crippen molar-refractivity contribution >= 4 is 11.5 Å². The fourth-order valence-electron chi connectivity index (χ4n) is 4.04. The van der Waals surface area contributed by atoms with Crippen LogP contribution in [0.3, 0.4) is 0 Å². The summed E-state index contributed by atoms with van der Waals surface area (Å²) < 4.78 is 29.6. The van der Waals surface area contributed by atoms with E-state index in [1.807, 2.05) is 6.07 Å². The van der Waals surface area contributed by atoms with Gasteiger partial charge >= 0.3 is 0 Å². The Morgan fingerprint density at radius 1 is 0.879 bits per heavy atom. The van der Waals surface area contributed by atoms with Crippen LogP contribution in [0.5, 0.6) is 17.2 Å². The summed E-state index contributed by atoms with van der Waals surface area (Å²) in [6.07, 6.45) is 0. The Morgan fingerprint density at radius 3 is 2.12 bits per heavy atom. The molecule has 0 spiro atoms. The van der Waals surface area contributed by atoms with Crippen molar-refractivity contribution in [2.75, 3.05) is 21.3 Å². The molecule has 4 rings (SSSR count). The predicted molar refractivity (Wildman–Crippen MR) is 122 cm³/mol. The Hall–Kier alpha value is -4.00. The first-order chi connectivity index (χ1) is 16.0. The predicted octanol–water partition coefficient (Wildman–Crippen LogP) is 4.90. The van der Waals surface area contributed by atoms with Gasteiger partial charge in [-0.2, -0.15) is 0 Å². The van der Waals surface area contributed by atoms with Gasteiger partial charge in [-0.05, 0) is 47.5 Å². The number of hydrogen-bond acceptors (Lipinski definition) is 5. The number of ether oxygens (including phenoxy) is 3. The van der Waals surface area contributed by atoms with Crippen molar-refractivity contribution in [2.45, 2.75) is 12.6 Å². The Labute approximate surface area is 191 Å².